The number of Topliss-reactive ketones (excluding diaryl/α,β-unsaturated/α-hetero) is 1. The van der Waals surface area contributed by atoms with E-state index in [0.717, 1.165) is 0 Å². The first-order valence-electron chi connectivity index (χ1n) is 6.14. The second kappa shape index (κ2) is 3.66. The van der Waals surface area contributed by atoms with E-state index in [2.05, 4.69) is 0 Å². The van der Waals surface area contributed by atoms with Crippen LogP contribution < -0.4 is 0 Å². The monoisotopic (exact) mass is 208 g/mol. The highest BCUT2D eigenvalue weighted by Crippen LogP contribution is 2.58. The highest BCUT2D eigenvalue weighted by atomic mass is 16.3. The van der Waals surface area contributed by atoms with Crippen LogP contribution in [0.15, 0.2) is 11.3 Å². The summed E-state index contributed by atoms with van der Waals surface area (Å²) in [6.07, 6.45) is 3.60. The number of rotatable bonds is 0. The van der Waals surface area contributed by atoms with E-state index in [9.17, 15) is 9.90 Å². The van der Waals surface area contributed by atoms with E-state index in [1.54, 1.807) is 6.92 Å². The van der Waals surface area contributed by atoms with Crippen molar-refractivity contribution in [3.05, 3.63) is 11.3 Å². The van der Waals surface area contributed by atoms with Gasteiger partial charge in [-0.1, -0.05) is 13.8 Å². The van der Waals surface area contributed by atoms with Crippen LogP contribution in [-0.4, -0.2) is 10.9 Å². The SMILES string of the molecule is CC.CC1=C(O)[C@H]2C3CC[C@H](C3)[C@H]2C1=O. The van der Waals surface area contributed by atoms with Gasteiger partial charge in [-0.25, -0.2) is 0 Å². The second-order valence-electron chi connectivity index (χ2n) is 4.76. The van der Waals surface area contributed by atoms with Crippen molar-refractivity contribution >= 4 is 5.78 Å². The minimum atomic E-state index is 0.166. The summed E-state index contributed by atoms with van der Waals surface area (Å²) in [4.78, 5) is 11.8. The van der Waals surface area contributed by atoms with Crippen LogP contribution in [0.4, 0.5) is 0 Å². The van der Waals surface area contributed by atoms with E-state index in [1.165, 1.54) is 19.3 Å². The largest absolute Gasteiger partial charge is 0.512 e. The highest BCUT2D eigenvalue weighted by Gasteiger charge is 2.56. The molecule has 0 amide bonds. The fraction of sp³-hybridized carbons (Fsp3) is 0.769. The smallest absolute Gasteiger partial charge is 0.166 e. The Bertz CT molecular complexity index is 316. The van der Waals surface area contributed by atoms with E-state index >= 15 is 0 Å². The molecular weight excluding hydrogens is 188 g/mol. The van der Waals surface area contributed by atoms with Gasteiger partial charge in [-0.15, -0.1) is 0 Å². The molecule has 2 bridgehead atoms. The Kier molecular flexibility index (Phi) is 2.61. The Morgan fingerprint density at radius 1 is 1.13 bits per heavy atom. The third-order valence-electron chi connectivity index (χ3n) is 4.29. The molecule has 3 aliphatic carbocycles. The molecule has 0 saturated heterocycles. The van der Waals surface area contributed by atoms with E-state index in [4.69, 9.17) is 0 Å². The van der Waals surface area contributed by atoms with Crippen LogP contribution in [0, 0.1) is 23.7 Å². The minimum absolute atomic E-state index is 0.166. The van der Waals surface area contributed by atoms with Crippen LogP contribution in [-0.2, 0) is 4.79 Å². The number of allylic oxidation sites excluding steroid dienone is 2. The third-order valence-corrected chi connectivity index (χ3v) is 4.29. The molecule has 1 unspecified atom stereocenters. The summed E-state index contributed by atoms with van der Waals surface area (Å²) in [6.45, 7) is 5.77. The first kappa shape index (κ1) is 10.7. The molecular formula is C13H20O2. The molecule has 15 heavy (non-hydrogen) atoms. The summed E-state index contributed by atoms with van der Waals surface area (Å²) in [5, 5.41) is 9.82. The average molecular weight is 208 g/mol. The molecule has 1 N–H and O–H groups in total. The van der Waals surface area contributed by atoms with Gasteiger partial charge < -0.3 is 5.11 Å². The predicted molar refractivity (Wildman–Crippen MR) is 59.5 cm³/mol. The van der Waals surface area contributed by atoms with Gasteiger partial charge in [0.1, 0.15) is 5.76 Å². The van der Waals surface area contributed by atoms with Gasteiger partial charge in [0.2, 0.25) is 0 Å². The van der Waals surface area contributed by atoms with Gasteiger partial charge >= 0.3 is 0 Å². The predicted octanol–water partition coefficient (Wildman–Crippen LogP) is 3.09. The number of carbonyl (C=O) groups is 1. The summed E-state index contributed by atoms with van der Waals surface area (Å²) in [6, 6.07) is 0. The number of hydrogen-bond donors (Lipinski definition) is 1. The molecule has 0 heterocycles. The fourth-order valence-corrected chi connectivity index (χ4v) is 3.69. The summed E-state index contributed by atoms with van der Waals surface area (Å²) >= 11 is 0. The summed E-state index contributed by atoms with van der Waals surface area (Å²) in [7, 11) is 0. The lowest BCUT2D eigenvalue weighted by Gasteiger charge is -2.23. The lowest BCUT2D eigenvalue weighted by Crippen LogP contribution is -2.24. The lowest BCUT2D eigenvalue weighted by molar-refractivity contribution is -0.120. The molecule has 0 aromatic rings. The maximum atomic E-state index is 11.8. The zero-order valence-electron chi connectivity index (χ0n) is 9.79. The maximum Gasteiger partial charge on any atom is 0.166 e. The second-order valence-corrected chi connectivity index (χ2v) is 4.76. The molecule has 4 atom stereocenters. The van der Waals surface area contributed by atoms with Gasteiger partial charge in [0, 0.05) is 17.4 Å². The number of ketones is 1. The molecule has 2 nitrogen and oxygen atoms in total. The quantitative estimate of drug-likeness (QED) is 0.664. The fourth-order valence-electron chi connectivity index (χ4n) is 3.69. The molecule has 3 aliphatic rings. The van der Waals surface area contributed by atoms with Crippen LogP contribution in [0.25, 0.3) is 0 Å². The van der Waals surface area contributed by atoms with Crippen LogP contribution in [0.2, 0.25) is 0 Å². The molecule has 0 aliphatic heterocycles. The van der Waals surface area contributed by atoms with Crippen molar-refractivity contribution in [3.63, 3.8) is 0 Å². The van der Waals surface area contributed by atoms with Crippen molar-refractivity contribution in [1.29, 1.82) is 0 Å². The Labute approximate surface area is 91.4 Å². The molecule has 2 heteroatoms. The molecule has 0 aromatic carbocycles. The molecule has 2 saturated carbocycles. The summed E-state index contributed by atoms with van der Waals surface area (Å²) < 4.78 is 0. The van der Waals surface area contributed by atoms with Crippen molar-refractivity contribution in [1.82, 2.24) is 0 Å². The maximum absolute atomic E-state index is 11.8. The normalized spacial score (nSPS) is 41.7. The molecule has 0 radical (unpaired) electrons. The van der Waals surface area contributed by atoms with Crippen LogP contribution >= 0.6 is 0 Å². The lowest BCUT2D eigenvalue weighted by atomic mass is 9.80. The first-order valence-corrected chi connectivity index (χ1v) is 6.14. The number of aliphatic hydroxyl groups excluding tert-OH is 1. The van der Waals surface area contributed by atoms with E-state index in [1.807, 2.05) is 13.8 Å². The number of carbonyl (C=O) groups excluding carboxylic acids is 1. The molecule has 0 spiro atoms. The topological polar surface area (TPSA) is 37.3 Å². The van der Waals surface area contributed by atoms with E-state index in [0.29, 0.717) is 23.2 Å². The van der Waals surface area contributed by atoms with Crippen LogP contribution in [0.5, 0.6) is 0 Å². The Balaban J connectivity index is 0.000000404. The minimum Gasteiger partial charge on any atom is -0.512 e. The van der Waals surface area contributed by atoms with Gasteiger partial charge in [0.15, 0.2) is 5.78 Å². The van der Waals surface area contributed by atoms with Crippen molar-refractivity contribution in [2.45, 2.75) is 40.0 Å². The van der Waals surface area contributed by atoms with Crippen molar-refractivity contribution in [2.24, 2.45) is 23.7 Å². The Hall–Kier alpha value is -0.790. The van der Waals surface area contributed by atoms with Crippen LogP contribution in [0.3, 0.4) is 0 Å². The van der Waals surface area contributed by atoms with Crippen molar-refractivity contribution in [3.8, 4) is 0 Å². The van der Waals surface area contributed by atoms with Gasteiger partial charge in [0.25, 0.3) is 0 Å². The number of aliphatic hydroxyl groups is 1. The zero-order chi connectivity index (χ0) is 11.2. The van der Waals surface area contributed by atoms with E-state index in [-0.39, 0.29) is 17.6 Å². The average Bonchev–Trinajstić information content (AvgIpc) is 2.92. The Morgan fingerprint density at radius 3 is 2.20 bits per heavy atom. The Morgan fingerprint density at radius 2 is 1.67 bits per heavy atom. The highest BCUT2D eigenvalue weighted by molar-refractivity contribution is 6.00. The zero-order valence-corrected chi connectivity index (χ0v) is 9.79. The van der Waals surface area contributed by atoms with Gasteiger partial charge in [-0.3, -0.25) is 4.79 Å². The van der Waals surface area contributed by atoms with E-state index < -0.39 is 0 Å². The van der Waals surface area contributed by atoms with Crippen molar-refractivity contribution < 1.29 is 9.90 Å². The molecule has 2 fully saturated rings. The molecule has 0 aromatic heterocycles. The summed E-state index contributed by atoms with van der Waals surface area (Å²) in [5.74, 6) is 2.22. The van der Waals surface area contributed by atoms with Gasteiger partial charge in [0.05, 0.1) is 0 Å². The molecule has 3 rings (SSSR count). The standard InChI is InChI=1S/C11H14O2.C2H6/c1-5-10(12)8-6-2-3-7(4-6)9(8)11(5)13;1-2/h6-9,12H,2-4H2,1H3;1-2H3/t6?,7-,8+,9-;/m1./s1. The number of fused-ring (bicyclic) bond motifs is 5. The number of hydrogen-bond acceptors (Lipinski definition) is 2. The van der Waals surface area contributed by atoms with Gasteiger partial charge in [-0.2, -0.15) is 0 Å². The third kappa shape index (κ3) is 1.27. The molecule has 84 valence electrons. The van der Waals surface area contributed by atoms with Gasteiger partial charge in [-0.05, 0) is 38.0 Å². The first-order chi connectivity index (χ1) is 7.20. The summed E-state index contributed by atoms with van der Waals surface area (Å²) in [5.41, 5.74) is 0.645. The van der Waals surface area contributed by atoms with Crippen molar-refractivity contribution in [2.75, 3.05) is 0 Å². The van der Waals surface area contributed by atoms with Crippen LogP contribution in [0.1, 0.15) is 40.0 Å².